The van der Waals surface area contributed by atoms with Crippen molar-refractivity contribution in [2.45, 2.75) is 20.8 Å². The quantitative estimate of drug-likeness (QED) is 0.651. The summed E-state index contributed by atoms with van der Waals surface area (Å²) in [6, 6.07) is 9.92. The molecule has 0 N–H and O–H groups in total. The minimum atomic E-state index is 0.110. The van der Waals surface area contributed by atoms with Crippen LogP contribution in [0.5, 0.6) is 0 Å². The summed E-state index contributed by atoms with van der Waals surface area (Å²) in [5.41, 5.74) is 1.87. The van der Waals surface area contributed by atoms with Gasteiger partial charge in [0, 0.05) is 24.9 Å². The Morgan fingerprint density at radius 1 is 1.20 bits per heavy atom. The van der Waals surface area contributed by atoms with Crippen LogP contribution in [0.4, 0.5) is 0 Å². The number of carbonyl (C=O) groups excluding carboxylic acids is 1. The number of rotatable bonds is 1. The molecular formula is C13H17NO. The number of benzene rings is 1. The number of para-hydroxylation sites is 1. The van der Waals surface area contributed by atoms with Gasteiger partial charge in [-0.25, -0.2) is 0 Å². The third-order valence-corrected chi connectivity index (χ3v) is 2.31. The summed E-state index contributed by atoms with van der Waals surface area (Å²) in [5.74, 6) is 0.110. The topological polar surface area (TPSA) is 22.0 Å². The van der Waals surface area contributed by atoms with E-state index in [2.05, 4.69) is 0 Å². The SMILES string of the molecule is CC.CC(=O)c1cc2ccccc2n1C. The summed E-state index contributed by atoms with van der Waals surface area (Å²) >= 11 is 0. The van der Waals surface area contributed by atoms with Crippen LogP contribution in [0, 0.1) is 0 Å². The Labute approximate surface area is 90.5 Å². The minimum Gasteiger partial charge on any atom is -0.341 e. The lowest BCUT2D eigenvalue weighted by atomic mass is 10.2. The molecule has 0 amide bonds. The van der Waals surface area contributed by atoms with Gasteiger partial charge in [-0.15, -0.1) is 0 Å². The van der Waals surface area contributed by atoms with Crippen molar-refractivity contribution in [2.24, 2.45) is 7.05 Å². The molecule has 15 heavy (non-hydrogen) atoms. The Bertz CT molecular complexity index is 468. The van der Waals surface area contributed by atoms with E-state index in [0.717, 1.165) is 16.6 Å². The zero-order valence-corrected chi connectivity index (χ0v) is 9.74. The average Bonchev–Trinajstić information content (AvgIpc) is 2.60. The van der Waals surface area contributed by atoms with Crippen molar-refractivity contribution in [3.05, 3.63) is 36.0 Å². The fourth-order valence-electron chi connectivity index (χ4n) is 1.63. The van der Waals surface area contributed by atoms with Crippen molar-refractivity contribution in [2.75, 3.05) is 0 Å². The van der Waals surface area contributed by atoms with E-state index in [1.807, 2.05) is 55.8 Å². The van der Waals surface area contributed by atoms with E-state index in [-0.39, 0.29) is 5.78 Å². The molecular weight excluding hydrogens is 186 g/mol. The third kappa shape index (κ3) is 2.09. The summed E-state index contributed by atoms with van der Waals surface area (Å²) in [6.07, 6.45) is 0. The molecule has 2 rings (SSSR count). The Hall–Kier alpha value is -1.57. The molecule has 2 nitrogen and oxygen atoms in total. The molecule has 0 aliphatic rings. The van der Waals surface area contributed by atoms with Crippen LogP contribution in [0.15, 0.2) is 30.3 Å². The van der Waals surface area contributed by atoms with E-state index in [1.165, 1.54) is 0 Å². The van der Waals surface area contributed by atoms with Gasteiger partial charge in [-0.2, -0.15) is 0 Å². The second kappa shape index (κ2) is 4.78. The molecule has 0 radical (unpaired) electrons. The summed E-state index contributed by atoms with van der Waals surface area (Å²) in [6.45, 7) is 5.59. The van der Waals surface area contributed by atoms with Crippen molar-refractivity contribution >= 4 is 16.7 Å². The number of hydrogen-bond acceptors (Lipinski definition) is 1. The third-order valence-electron chi connectivity index (χ3n) is 2.31. The van der Waals surface area contributed by atoms with Crippen LogP contribution in [0.1, 0.15) is 31.3 Å². The van der Waals surface area contributed by atoms with Gasteiger partial charge in [0.1, 0.15) is 0 Å². The highest BCUT2D eigenvalue weighted by molar-refractivity contribution is 5.98. The molecule has 0 fully saturated rings. The van der Waals surface area contributed by atoms with Gasteiger partial charge in [-0.3, -0.25) is 4.79 Å². The smallest absolute Gasteiger partial charge is 0.176 e. The maximum Gasteiger partial charge on any atom is 0.176 e. The molecule has 2 heteroatoms. The van der Waals surface area contributed by atoms with Crippen LogP contribution in [0.2, 0.25) is 0 Å². The van der Waals surface area contributed by atoms with Gasteiger partial charge in [0.15, 0.2) is 5.78 Å². The Morgan fingerprint density at radius 2 is 1.80 bits per heavy atom. The zero-order valence-electron chi connectivity index (χ0n) is 9.74. The van der Waals surface area contributed by atoms with Crippen molar-refractivity contribution < 1.29 is 4.79 Å². The molecule has 1 aromatic heterocycles. The lowest BCUT2D eigenvalue weighted by molar-refractivity contribution is 0.101. The van der Waals surface area contributed by atoms with E-state index in [9.17, 15) is 4.79 Å². The lowest BCUT2D eigenvalue weighted by Gasteiger charge is -1.98. The highest BCUT2D eigenvalue weighted by Crippen LogP contribution is 2.18. The maximum atomic E-state index is 11.2. The average molecular weight is 203 g/mol. The Morgan fingerprint density at radius 3 is 2.33 bits per heavy atom. The largest absolute Gasteiger partial charge is 0.341 e. The molecule has 1 heterocycles. The van der Waals surface area contributed by atoms with Gasteiger partial charge in [-0.05, 0) is 12.1 Å². The van der Waals surface area contributed by atoms with Gasteiger partial charge in [0.05, 0.1) is 5.69 Å². The number of Topliss-reactive ketones (excluding diaryl/α,β-unsaturated/α-hetero) is 1. The van der Waals surface area contributed by atoms with Crippen LogP contribution < -0.4 is 0 Å². The molecule has 0 bridgehead atoms. The van der Waals surface area contributed by atoms with E-state index >= 15 is 0 Å². The number of fused-ring (bicyclic) bond motifs is 1. The van der Waals surface area contributed by atoms with Gasteiger partial charge in [-0.1, -0.05) is 32.0 Å². The molecule has 0 saturated heterocycles. The van der Waals surface area contributed by atoms with Crippen LogP contribution in [0.3, 0.4) is 0 Å². The van der Waals surface area contributed by atoms with Crippen LogP contribution in [0.25, 0.3) is 10.9 Å². The van der Waals surface area contributed by atoms with Gasteiger partial charge < -0.3 is 4.57 Å². The number of aromatic nitrogens is 1. The fraction of sp³-hybridized carbons (Fsp3) is 0.308. The van der Waals surface area contributed by atoms with E-state index in [0.29, 0.717) is 0 Å². The van der Waals surface area contributed by atoms with E-state index in [4.69, 9.17) is 0 Å². The highest BCUT2D eigenvalue weighted by atomic mass is 16.1. The minimum absolute atomic E-state index is 0.110. The van der Waals surface area contributed by atoms with Gasteiger partial charge >= 0.3 is 0 Å². The summed E-state index contributed by atoms with van der Waals surface area (Å²) in [4.78, 5) is 11.2. The summed E-state index contributed by atoms with van der Waals surface area (Å²) in [5, 5.41) is 1.12. The van der Waals surface area contributed by atoms with E-state index < -0.39 is 0 Å². The molecule has 0 unspecified atom stereocenters. The first kappa shape index (κ1) is 11.5. The number of aryl methyl sites for hydroxylation is 1. The molecule has 0 spiro atoms. The molecule has 1 aromatic carbocycles. The zero-order chi connectivity index (χ0) is 11.4. The lowest BCUT2D eigenvalue weighted by Crippen LogP contribution is -2.00. The predicted octanol–water partition coefficient (Wildman–Crippen LogP) is 3.41. The van der Waals surface area contributed by atoms with Gasteiger partial charge in [0.25, 0.3) is 0 Å². The standard InChI is InChI=1S/C11H11NO.C2H6/c1-8(13)11-7-9-5-3-4-6-10(9)12(11)2;1-2/h3-7H,1-2H3;1-2H3. The second-order valence-corrected chi connectivity index (χ2v) is 3.20. The molecule has 2 aromatic rings. The summed E-state index contributed by atoms with van der Waals surface area (Å²) < 4.78 is 1.93. The maximum absolute atomic E-state index is 11.2. The predicted molar refractivity (Wildman–Crippen MR) is 64.3 cm³/mol. The van der Waals surface area contributed by atoms with Crippen LogP contribution >= 0.6 is 0 Å². The molecule has 0 saturated carbocycles. The van der Waals surface area contributed by atoms with Crippen LogP contribution in [-0.4, -0.2) is 10.4 Å². The summed E-state index contributed by atoms with van der Waals surface area (Å²) in [7, 11) is 1.92. The monoisotopic (exact) mass is 203 g/mol. The highest BCUT2D eigenvalue weighted by Gasteiger charge is 2.07. The number of hydrogen-bond donors (Lipinski definition) is 0. The van der Waals surface area contributed by atoms with Gasteiger partial charge in [0.2, 0.25) is 0 Å². The molecule has 0 aliphatic heterocycles. The molecule has 0 atom stereocenters. The van der Waals surface area contributed by atoms with Crippen molar-refractivity contribution in [3.63, 3.8) is 0 Å². The first-order chi connectivity index (χ1) is 7.20. The fourth-order valence-corrected chi connectivity index (χ4v) is 1.63. The Balaban J connectivity index is 0.000000531. The van der Waals surface area contributed by atoms with Crippen molar-refractivity contribution in [1.29, 1.82) is 0 Å². The first-order valence-corrected chi connectivity index (χ1v) is 5.25. The number of ketones is 1. The van der Waals surface area contributed by atoms with Crippen molar-refractivity contribution in [3.8, 4) is 0 Å². The second-order valence-electron chi connectivity index (χ2n) is 3.20. The molecule has 0 aliphatic carbocycles. The van der Waals surface area contributed by atoms with Crippen molar-refractivity contribution in [1.82, 2.24) is 4.57 Å². The number of carbonyl (C=O) groups is 1. The number of nitrogens with zero attached hydrogens (tertiary/aromatic N) is 1. The van der Waals surface area contributed by atoms with Crippen LogP contribution in [-0.2, 0) is 7.05 Å². The normalized spacial score (nSPS) is 9.60. The van der Waals surface area contributed by atoms with E-state index in [1.54, 1.807) is 6.92 Å². The first-order valence-electron chi connectivity index (χ1n) is 5.25. The molecule has 80 valence electrons. The Kier molecular flexibility index (Phi) is 3.67.